The van der Waals surface area contributed by atoms with Crippen LogP contribution in [0.4, 0.5) is 10.9 Å². The highest BCUT2D eigenvalue weighted by Crippen LogP contribution is 2.30. The van der Waals surface area contributed by atoms with Crippen LogP contribution in [0, 0.1) is 0 Å². The lowest BCUT2D eigenvalue weighted by molar-refractivity contribution is 0.102. The van der Waals surface area contributed by atoms with Crippen LogP contribution >= 0.6 is 11.3 Å². The lowest BCUT2D eigenvalue weighted by atomic mass is 9.94. The van der Waals surface area contributed by atoms with Gasteiger partial charge in [0.2, 0.25) is 0 Å². The quantitative estimate of drug-likeness (QED) is 0.247. The second-order valence-corrected chi connectivity index (χ2v) is 12.9. The molecule has 3 aromatic carbocycles. The molecule has 208 valence electrons. The summed E-state index contributed by atoms with van der Waals surface area (Å²) in [4.78, 5) is 25.0. The summed E-state index contributed by atoms with van der Waals surface area (Å²) in [6, 6.07) is 27.7. The number of benzene rings is 3. The van der Waals surface area contributed by atoms with E-state index in [4.69, 9.17) is 4.98 Å². The third-order valence-electron chi connectivity index (χ3n) is 7.42. The summed E-state index contributed by atoms with van der Waals surface area (Å²) in [6.45, 7) is 1.32. The number of pyridine rings is 1. The molecule has 3 aromatic heterocycles. The van der Waals surface area contributed by atoms with Gasteiger partial charge >= 0.3 is 0 Å². The van der Waals surface area contributed by atoms with Crippen LogP contribution in [-0.4, -0.2) is 34.8 Å². The molecule has 1 aliphatic rings. The Morgan fingerprint density at radius 2 is 1.71 bits per heavy atom. The largest absolute Gasteiger partial charge is 0.352 e. The second kappa shape index (κ2) is 10.6. The van der Waals surface area contributed by atoms with Crippen LogP contribution in [0.1, 0.15) is 21.5 Å². The van der Waals surface area contributed by atoms with Gasteiger partial charge in [-0.15, -0.1) is 0 Å². The molecule has 42 heavy (non-hydrogen) atoms. The molecule has 0 atom stereocenters. The SMILES string of the molecule is O=C(Nc1nc2ccccc2s1)c1cccc2c1CN(c1ccc(-c3ccn(S(=O)(=O)c4ccccc4)c3)cn1)CC2. The van der Waals surface area contributed by atoms with Gasteiger partial charge < -0.3 is 4.90 Å². The van der Waals surface area contributed by atoms with Crippen LogP contribution in [0.3, 0.4) is 0 Å². The zero-order valence-corrected chi connectivity index (χ0v) is 24.0. The van der Waals surface area contributed by atoms with Gasteiger partial charge in [0, 0.05) is 48.4 Å². The van der Waals surface area contributed by atoms with Crippen molar-refractivity contribution >= 4 is 48.4 Å². The number of carbonyl (C=O) groups is 1. The summed E-state index contributed by atoms with van der Waals surface area (Å²) in [6.07, 6.45) is 5.70. The van der Waals surface area contributed by atoms with E-state index in [0.717, 1.165) is 51.3 Å². The maximum absolute atomic E-state index is 13.3. The van der Waals surface area contributed by atoms with Gasteiger partial charge in [0.1, 0.15) is 5.82 Å². The van der Waals surface area contributed by atoms with E-state index in [1.54, 1.807) is 55.0 Å². The number of thiazole rings is 1. The number of nitrogens with zero attached hydrogens (tertiary/aromatic N) is 4. The molecule has 10 heteroatoms. The van der Waals surface area contributed by atoms with Crippen LogP contribution in [0.5, 0.6) is 0 Å². The van der Waals surface area contributed by atoms with Gasteiger partial charge in [0.25, 0.3) is 15.9 Å². The first kappa shape index (κ1) is 26.1. The number of hydrogen-bond donors (Lipinski definition) is 1. The minimum atomic E-state index is -3.67. The predicted molar refractivity (Wildman–Crippen MR) is 165 cm³/mol. The Balaban J connectivity index is 1.09. The van der Waals surface area contributed by atoms with Crippen molar-refractivity contribution in [3.63, 3.8) is 0 Å². The molecule has 8 nitrogen and oxygen atoms in total. The monoisotopic (exact) mass is 591 g/mol. The van der Waals surface area contributed by atoms with E-state index in [-0.39, 0.29) is 10.8 Å². The van der Waals surface area contributed by atoms with Gasteiger partial charge in [0.15, 0.2) is 5.13 Å². The third-order valence-corrected chi connectivity index (χ3v) is 10.0. The van der Waals surface area contributed by atoms with Crippen molar-refractivity contribution in [2.45, 2.75) is 17.9 Å². The fraction of sp³-hybridized carbons (Fsp3) is 0.0938. The van der Waals surface area contributed by atoms with E-state index < -0.39 is 10.0 Å². The molecule has 0 bridgehead atoms. The first-order valence-electron chi connectivity index (χ1n) is 13.4. The highest BCUT2D eigenvalue weighted by atomic mass is 32.2. The molecule has 0 fully saturated rings. The standard InChI is InChI=1S/C32H25N5O3S2/c38-31(35-32-34-28-11-4-5-12-29(28)41-32)26-10-6-7-22-15-17-36(21-27(22)26)30-14-13-23(19-33-30)24-16-18-37(20-24)42(39,40)25-8-2-1-3-9-25/h1-14,16,18-20H,15,17,21H2,(H,34,35,38). The number of nitrogens with one attached hydrogen (secondary N) is 1. The Morgan fingerprint density at radius 1 is 0.881 bits per heavy atom. The van der Waals surface area contributed by atoms with Gasteiger partial charge in [-0.2, -0.15) is 0 Å². The van der Waals surface area contributed by atoms with Crippen LogP contribution in [0.2, 0.25) is 0 Å². The summed E-state index contributed by atoms with van der Waals surface area (Å²) in [5, 5.41) is 3.57. The molecule has 1 aliphatic heterocycles. The Labute approximate surface area is 247 Å². The number of anilines is 2. The molecule has 7 rings (SSSR count). The van der Waals surface area contributed by atoms with Crippen molar-refractivity contribution in [2.24, 2.45) is 0 Å². The topological polar surface area (TPSA) is 97.2 Å². The van der Waals surface area contributed by atoms with E-state index in [0.29, 0.717) is 17.2 Å². The van der Waals surface area contributed by atoms with Crippen molar-refractivity contribution in [1.29, 1.82) is 0 Å². The van der Waals surface area contributed by atoms with Crippen molar-refractivity contribution < 1.29 is 13.2 Å². The van der Waals surface area contributed by atoms with Gasteiger partial charge in [-0.05, 0) is 66.1 Å². The zero-order chi connectivity index (χ0) is 28.7. The highest BCUT2D eigenvalue weighted by molar-refractivity contribution is 7.90. The summed E-state index contributed by atoms with van der Waals surface area (Å²) >= 11 is 1.46. The molecule has 1 amide bonds. The molecule has 0 radical (unpaired) electrons. The normalized spacial score (nSPS) is 13.2. The van der Waals surface area contributed by atoms with Crippen molar-refractivity contribution in [3.05, 3.63) is 126 Å². The average molecular weight is 592 g/mol. The van der Waals surface area contributed by atoms with E-state index in [9.17, 15) is 13.2 Å². The van der Waals surface area contributed by atoms with E-state index in [1.165, 1.54) is 15.3 Å². The van der Waals surface area contributed by atoms with Gasteiger partial charge in [-0.3, -0.25) is 10.1 Å². The van der Waals surface area contributed by atoms with E-state index in [2.05, 4.69) is 21.3 Å². The summed E-state index contributed by atoms with van der Waals surface area (Å²) < 4.78 is 28.2. The molecule has 0 saturated heterocycles. The molecule has 6 aromatic rings. The Hall–Kier alpha value is -4.80. The van der Waals surface area contributed by atoms with Crippen molar-refractivity contribution in [3.8, 4) is 11.1 Å². The lowest BCUT2D eigenvalue weighted by Crippen LogP contribution is -2.32. The Kier molecular flexibility index (Phi) is 6.56. The predicted octanol–water partition coefficient (Wildman–Crippen LogP) is 6.21. The molecular formula is C32H25N5O3S2. The maximum atomic E-state index is 13.3. The second-order valence-electron chi connectivity index (χ2n) is 10.0. The number of fused-ring (bicyclic) bond motifs is 2. The number of aromatic nitrogens is 3. The minimum absolute atomic E-state index is 0.175. The number of amides is 1. The molecule has 4 heterocycles. The molecule has 0 aliphatic carbocycles. The van der Waals surface area contributed by atoms with Crippen LogP contribution < -0.4 is 10.2 Å². The summed E-state index contributed by atoms with van der Waals surface area (Å²) in [5.74, 6) is 0.619. The number of carbonyl (C=O) groups excluding carboxylic acids is 1. The molecular weight excluding hydrogens is 567 g/mol. The van der Waals surface area contributed by atoms with E-state index >= 15 is 0 Å². The number of para-hydroxylation sites is 1. The highest BCUT2D eigenvalue weighted by Gasteiger charge is 2.24. The molecule has 1 N–H and O–H groups in total. The molecule has 0 unspecified atom stereocenters. The zero-order valence-electron chi connectivity index (χ0n) is 22.3. The van der Waals surface area contributed by atoms with Gasteiger partial charge in [-0.25, -0.2) is 22.4 Å². The van der Waals surface area contributed by atoms with Gasteiger partial charge in [-0.1, -0.05) is 53.8 Å². The molecule has 0 spiro atoms. The Morgan fingerprint density at radius 3 is 2.52 bits per heavy atom. The van der Waals surface area contributed by atoms with Crippen LogP contribution in [-0.2, 0) is 23.0 Å². The van der Waals surface area contributed by atoms with Crippen LogP contribution in [0.25, 0.3) is 21.3 Å². The van der Waals surface area contributed by atoms with Crippen molar-refractivity contribution in [2.75, 3.05) is 16.8 Å². The van der Waals surface area contributed by atoms with Gasteiger partial charge in [0.05, 0.1) is 15.1 Å². The minimum Gasteiger partial charge on any atom is -0.352 e. The fourth-order valence-corrected chi connectivity index (χ4v) is 7.31. The number of hydrogen-bond acceptors (Lipinski definition) is 7. The lowest BCUT2D eigenvalue weighted by Gasteiger charge is -2.31. The summed E-state index contributed by atoms with van der Waals surface area (Å²) in [5.41, 5.74) is 5.20. The first-order chi connectivity index (χ1) is 20.5. The van der Waals surface area contributed by atoms with Crippen LogP contribution in [0.15, 0.2) is 114 Å². The summed E-state index contributed by atoms with van der Waals surface area (Å²) in [7, 11) is -3.67. The smallest absolute Gasteiger partial charge is 0.267 e. The first-order valence-corrected chi connectivity index (χ1v) is 15.7. The maximum Gasteiger partial charge on any atom is 0.267 e. The Bertz CT molecular complexity index is 2000. The third kappa shape index (κ3) is 4.84. The van der Waals surface area contributed by atoms with E-state index in [1.807, 2.05) is 48.5 Å². The van der Waals surface area contributed by atoms with Crippen molar-refractivity contribution in [1.82, 2.24) is 13.9 Å². The fourth-order valence-electron chi connectivity index (χ4n) is 5.23. The molecule has 0 saturated carbocycles. The number of rotatable bonds is 6. The average Bonchev–Trinajstić information content (AvgIpc) is 3.69.